The quantitative estimate of drug-likeness (QED) is 0.683. The Hall–Kier alpha value is -2.62. The molecule has 2 aromatic heterocycles. The van der Waals surface area contributed by atoms with Gasteiger partial charge in [0.05, 0.1) is 36.4 Å². The molecule has 1 aliphatic heterocycles. The molecule has 6 nitrogen and oxygen atoms in total. The van der Waals surface area contributed by atoms with Gasteiger partial charge in [0.2, 0.25) is 0 Å². The fourth-order valence-corrected chi connectivity index (χ4v) is 3.69. The summed E-state index contributed by atoms with van der Waals surface area (Å²) in [4.78, 5) is 6.31. The number of quaternary nitrogens is 1. The maximum Gasteiger partial charge on any atom is 0.157 e. The summed E-state index contributed by atoms with van der Waals surface area (Å²) in [5, 5.41) is 13.1. The molecular weight excluding hydrogens is 326 g/mol. The van der Waals surface area contributed by atoms with E-state index >= 15 is 0 Å². The van der Waals surface area contributed by atoms with E-state index < -0.39 is 0 Å². The highest BCUT2D eigenvalue weighted by Gasteiger charge is 2.16. The number of ether oxygens (including phenoxy) is 1. The number of nitriles is 1. The molecule has 0 atom stereocenters. The highest BCUT2D eigenvalue weighted by Crippen LogP contribution is 2.26. The van der Waals surface area contributed by atoms with Crippen LogP contribution in [0.5, 0.6) is 0 Å². The summed E-state index contributed by atoms with van der Waals surface area (Å²) in [6, 6.07) is 12.4. The minimum absolute atomic E-state index is 0.643. The van der Waals surface area contributed by atoms with E-state index in [1.54, 1.807) is 4.90 Å². The van der Waals surface area contributed by atoms with Crippen molar-refractivity contribution in [3.05, 3.63) is 41.5 Å². The lowest BCUT2D eigenvalue weighted by Crippen LogP contribution is -3.14. The van der Waals surface area contributed by atoms with E-state index in [4.69, 9.17) is 9.72 Å². The second-order valence-corrected chi connectivity index (χ2v) is 6.85. The molecule has 0 aliphatic carbocycles. The first-order chi connectivity index (χ1) is 12.8. The second-order valence-electron chi connectivity index (χ2n) is 6.85. The molecule has 0 spiro atoms. The number of hydrogen-bond acceptors (Lipinski definition) is 4. The Kier molecular flexibility index (Phi) is 4.74. The van der Waals surface area contributed by atoms with E-state index in [0.29, 0.717) is 5.56 Å². The number of morpholine rings is 1. The van der Waals surface area contributed by atoms with Crippen LogP contribution < -0.4 is 10.2 Å². The first-order valence-corrected chi connectivity index (χ1v) is 9.24. The first-order valence-electron chi connectivity index (χ1n) is 9.24. The number of pyridine rings is 1. The zero-order chi connectivity index (χ0) is 17.9. The molecule has 1 saturated heterocycles. The average Bonchev–Trinajstić information content (AvgIpc) is 3.05. The van der Waals surface area contributed by atoms with Crippen molar-refractivity contribution in [2.45, 2.75) is 13.3 Å². The zero-order valence-electron chi connectivity index (χ0n) is 15.1. The average molecular weight is 350 g/mol. The third-order valence-corrected chi connectivity index (χ3v) is 5.10. The number of anilines is 1. The number of nitrogens with one attached hydrogen (secondary N) is 2. The molecule has 0 saturated carbocycles. The van der Waals surface area contributed by atoms with Gasteiger partial charge in [0.15, 0.2) is 5.65 Å². The second kappa shape index (κ2) is 7.32. The fraction of sp³-hybridized carbons (Fsp3) is 0.400. The molecule has 0 unspecified atom stereocenters. The van der Waals surface area contributed by atoms with Crippen molar-refractivity contribution in [3.8, 4) is 6.07 Å². The van der Waals surface area contributed by atoms with E-state index in [9.17, 15) is 5.26 Å². The summed E-state index contributed by atoms with van der Waals surface area (Å²) in [6.45, 7) is 7.98. The lowest BCUT2D eigenvalue weighted by Gasteiger charge is -2.23. The van der Waals surface area contributed by atoms with Crippen LogP contribution in [0.4, 0.5) is 5.82 Å². The van der Waals surface area contributed by atoms with E-state index in [1.165, 1.54) is 0 Å². The van der Waals surface area contributed by atoms with Gasteiger partial charge >= 0.3 is 0 Å². The van der Waals surface area contributed by atoms with E-state index in [1.807, 2.05) is 25.1 Å². The summed E-state index contributed by atoms with van der Waals surface area (Å²) < 4.78 is 7.49. The third-order valence-electron chi connectivity index (χ3n) is 5.10. The molecule has 1 aliphatic rings. The smallest absolute Gasteiger partial charge is 0.157 e. The minimum atomic E-state index is 0.643. The third kappa shape index (κ3) is 3.12. The SMILES string of the molecule is Cc1cc(NCCC[NH+]2CCOCC2)n2c(nc3ccccc32)c1C#N. The monoisotopic (exact) mass is 350 g/mol. The molecule has 1 aromatic carbocycles. The maximum atomic E-state index is 9.55. The number of para-hydroxylation sites is 2. The number of benzene rings is 1. The molecule has 2 N–H and O–H groups in total. The van der Waals surface area contributed by atoms with Crippen molar-refractivity contribution in [2.75, 3.05) is 44.7 Å². The van der Waals surface area contributed by atoms with Gasteiger partial charge in [0.25, 0.3) is 0 Å². The Labute approximate surface area is 153 Å². The Morgan fingerprint density at radius 1 is 1.31 bits per heavy atom. The van der Waals surface area contributed by atoms with Crippen molar-refractivity contribution in [1.82, 2.24) is 9.38 Å². The molecule has 6 heteroatoms. The number of aryl methyl sites for hydroxylation is 1. The number of imidazole rings is 1. The molecule has 26 heavy (non-hydrogen) atoms. The van der Waals surface area contributed by atoms with Gasteiger partial charge in [-0.15, -0.1) is 0 Å². The summed E-state index contributed by atoms with van der Waals surface area (Å²) in [5.74, 6) is 1.00. The van der Waals surface area contributed by atoms with Crippen molar-refractivity contribution in [1.29, 1.82) is 5.26 Å². The largest absolute Gasteiger partial charge is 0.371 e. The predicted octanol–water partition coefficient (Wildman–Crippen LogP) is 1.38. The zero-order valence-corrected chi connectivity index (χ0v) is 15.1. The van der Waals surface area contributed by atoms with Gasteiger partial charge in [-0.2, -0.15) is 5.26 Å². The van der Waals surface area contributed by atoms with Crippen LogP contribution in [0.2, 0.25) is 0 Å². The van der Waals surface area contributed by atoms with Crippen LogP contribution >= 0.6 is 0 Å². The lowest BCUT2D eigenvalue weighted by atomic mass is 10.1. The molecule has 134 valence electrons. The van der Waals surface area contributed by atoms with E-state index in [0.717, 1.165) is 73.9 Å². The standard InChI is InChI=1S/C20H23N5O/c1-15-13-19(22-7-4-8-24-9-11-26-12-10-24)25-18-6-3-2-5-17(18)23-20(25)16(15)14-21/h2-3,5-6,13,22H,4,7-12H2,1H3/p+1. The molecule has 3 heterocycles. The molecule has 4 rings (SSSR count). The number of hydrogen-bond donors (Lipinski definition) is 2. The topological polar surface area (TPSA) is 66.8 Å². The highest BCUT2D eigenvalue weighted by atomic mass is 16.5. The summed E-state index contributed by atoms with van der Waals surface area (Å²) >= 11 is 0. The number of nitrogens with zero attached hydrogens (tertiary/aromatic N) is 3. The van der Waals surface area contributed by atoms with Gasteiger partial charge < -0.3 is 15.0 Å². The van der Waals surface area contributed by atoms with Crippen molar-refractivity contribution in [3.63, 3.8) is 0 Å². The van der Waals surface area contributed by atoms with Crippen molar-refractivity contribution < 1.29 is 9.64 Å². The van der Waals surface area contributed by atoms with Gasteiger partial charge in [0.1, 0.15) is 25.0 Å². The summed E-state index contributed by atoms with van der Waals surface area (Å²) in [7, 11) is 0. The highest BCUT2D eigenvalue weighted by molar-refractivity contribution is 5.85. The number of aromatic nitrogens is 2. The van der Waals surface area contributed by atoms with Gasteiger partial charge in [-0.1, -0.05) is 12.1 Å². The predicted molar refractivity (Wildman–Crippen MR) is 102 cm³/mol. The molecule has 0 radical (unpaired) electrons. The number of fused-ring (bicyclic) bond motifs is 3. The van der Waals surface area contributed by atoms with Crippen LogP contribution in [0.3, 0.4) is 0 Å². The molecule has 3 aromatic rings. The summed E-state index contributed by atoms with van der Waals surface area (Å²) in [6.07, 6.45) is 1.10. The lowest BCUT2D eigenvalue weighted by molar-refractivity contribution is -0.908. The van der Waals surface area contributed by atoms with Crippen molar-refractivity contribution >= 4 is 22.5 Å². The minimum Gasteiger partial charge on any atom is -0.371 e. The van der Waals surface area contributed by atoms with E-state index in [2.05, 4.69) is 27.9 Å². The Morgan fingerprint density at radius 3 is 2.92 bits per heavy atom. The first kappa shape index (κ1) is 16.8. The fourth-order valence-electron chi connectivity index (χ4n) is 3.69. The van der Waals surface area contributed by atoms with E-state index in [-0.39, 0.29) is 0 Å². The molecule has 1 fully saturated rings. The van der Waals surface area contributed by atoms with Gasteiger partial charge in [0, 0.05) is 13.0 Å². The van der Waals surface area contributed by atoms with Crippen LogP contribution in [-0.2, 0) is 4.74 Å². The van der Waals surface area contributed by atoms with Crippen LogP contribution in [0.25, 0.3) is 16.7 Å². The van der Waals surface area contributed by atoms with Gasteiger partial charge in [-0.25, -0.2) is 4.98 Å². The molecule has 0 amide bonds. The Morgan fingerprint density at radius 2 is 2.12 bits per heavy atom. The Bertz CT molecular complexity index is 966. The number of rotatable bonds is 5. The van der Waals surface area contributed by atoms with Gasteiger partial charge in [-0.3, -0.25) is 4.40 Å². The van der Waals surface area contributed by atoms with Crippen LogP contribution in [-0.4, -0.2) is 48.8 Å². The van der Waals surface area contributed by atoms with Crippen molar-refractivity contribution in [2.24, 2.45) is 0 Å². The summed E-state index contributed by atoms with van der Waals surface area (Å²) in [5.41, 5.74) is 4.27. The van der Waals surface area contributed by atoms with Crippen LogP contribution in [0.15, 0.2) is 30.3 Å². The maximum absolute atomic E-state index is 9.55. The van der Waals surface area contributed by atoms with Gasteiger partial charge in [-0.05, 0) is 30.7 Å². The normalized spacial score (nSPS) is 15.4. The van der Waals surface area contributed by atoms with Crippen LogP contribution in [0.1, 0.15) is 17.5 Å². The van der Waals surface area contributed by atoms with Crippen LogP contribution in [0, 0.1) is 18.3 Å². The molecule has 0 bridgehead atoms. The molecular formula is C20H24N5O+. The Balaban J connectivity index is 1.59.